The van der Waals surface area contributed by atoms with Crippen LogP contribution in [0.3, 0.4) is 0 Å². The number of hydrogen-bond acceptors (Lipinski definition) is 6. The number of carbonyl (C=O) groups is 2. The average molecular weight is 380 g/mol. The van der Waals surface area contributed by atoms with Crippen molar-refractivity contribution in [2.24, 2.45) is 5.92 Å². The van der Waals surface area contributed by atoms with Gasteiger partial charge in [0.15, 0.2) is 5.92 Å². The van der Waals surface area contributed by atoms with Gasteiger partial charge in [0.2, 0.25) is 9.84 Å². The number of sulfone groups is 1. The Morgan fingerprint density at radius 3 is 2.08 bits per heavy atom. The van der Waals surface area contributed by atoms with E-state index in [-0.39, 0.29) is 42.3 Å². The van der Waals surface area contributed by atoms with Crippen LogP contribution < -0.4 is 0 Å². The average Bonchev–Trinajstić information content (AvgIpc) is 2.62. The SMILES string of the molecule is C=C=C(CCCC(C(=O)OCC)C(=O)OCC)S(=O)(=O)c1ccccc1. The van der Waals surface area contributed by atoms with Gasteiger partial charge in [-0.15, -0.1) is 5.73 Å². The third-order valence-electron chi connectivity index (χ3n) is 3.61. The molecule has 0 aliphatic rings. The molecule has 0 heterocycles. The summed E-state index contributed by atoms with van der Waals surface area (Å²) in [6, 6.07) is 7.97. The third kappa shape index (κ3) is 5.86. The summed E-state index contributed by atoms with van der Waals surface area (Å²) in [5, 5.41) is 0. The van der Waals surface area contributed by atoms with Crippen molar-refractivity contribution in [3.63, 3.8) is 0 Å². The van der Waals surface area contributed by atoms with Crippen molar-refractivity contribution in [1.82, 2.24) is 0 Å². The van der Waals surface area contributed by atoms with Gasteiger partial charge in [-0.3, -0.25) is 9.59 Å². The van der Waals surface area contributed by atoms with E-state index in [1.807, 2.05) is 0 Å². The number of ether oxygens (including phenoxy) is 2. The van der Waals surface area contributed by atoms with E-state index >= 15 is 0 Å². The lowest BCUT2D eigenvalue weighted by Crippen LogP contribution is -2.28. The molecule has 0 saturated carbocycles. The Labute approximate surface area is 154 Å². The Hall–Kier alpha value is -2.37. The predicted molar refractivity (Wildman–Crippen MR) is 96.9 cm³/mol. The molecule has 142 valence electrons. The molecule has 0 fully saturated rings. The summed E-state index contributed by atoms with van der Waals surface area (Å²) in [6.45, 7) is 7.04. The number of allylic oxidation sites excluding steroid dienone is 1. The second-order valence-electron chi connectivity index (χ2n) is 5.37. The van der Waals surface area contributed by atoms with Crippen LogP contribution in [-0.2, 0) is 28.9 Å². The zero-order valence-electron chi connectivity index (χ0n) is 15.1. The predicted octanol–water partition coefficient (Wildman–Crippen LogP) is 3.04. The van der Waals surface area contributed by atoms with Gasteiger partial charge in [-0.2, -0.15) is 0 Å². The standard InChI is InChI=1S/C19H24O6S/c1-4-15(26(22,23)16-11-8-7-9-12-16)13-10-14-17(18(20)24-5-2)19(21)25-6-3/h7-9,11-12,17H,1,5-6,10,13-14H2,2-3H3. The van der Waals surface area contributed by atoms with E-state index in [9.17, 15) is 18.0 Å². The van der Waals surface area contributed by atoms with Gasteiger partial charge in [0.05, 0.1) is 23.0 Å². The number of hydrogen-bond donors (Lipinski definition) is 0. The Kier molecular flexibility index (Phi) is 8.82. The summed E-state index contributed by atoms with van der Waals surface area (Å²) in [5.74, 6) is -2.40. The molecule has 0 unspecified atom stereocenters. The van der Waals surface area contributed by atoms with Gasteiger partial charge in [0.25, 0.3) is 0 Å². The number of rotatable bonds is 10. The van der Waals surface area contributed by atoms with Crippen LogP contribution in [0.1, 0.15) is 33.1 Å². The van der Waals surface area contributed by atoms with Crippen LogP contribution in [0, 0.1) is 5.92 Å². The molecule has 1 rings (SSSR count). The van der Waals surface area contributed by atoms with E-state index in [2.05, 4.69) is 12.3 Å². The molecule has 0 aliphatic heterocycles. The van der Waals surface area contributed by atoms with Crippen LogP contribution in [0.15, 0.2) is 52.4 Å². The second-order valence-corrected chi connectivity index (χ2v) is 7.34. The van der Waals surface area contributed by atoms with Crippen molar-refractivity contribution >= 4 is 21.8 Å². The van der Waals surface area contributed by atoms with E-state index in [1.165, 1.54) is 12.1 Å². The molecule has 6 nitrogen and oxygen atoms in total. The van der Waals surface area contributed by atoms with Gasteiger partial charge in [-0.1, -0.05) is 24.8 Å². The Morgan fingerprint density at radius 1 is 1.08 bits per heavy atom. The lowest BCUT2D eigenvalue weighted by Gasteiger charge is -2.14. The van der Waals surface area contributed by atoms with Crippen molar-refractivity contribution in [2.75, 3.05) is 13.2 Å². The number of benzene rings is 1. The summed E-state index contributed by atoms with van der Waals surface area (Å²) in [4.78, 5) is 24.1. The molecule has 0 atom stereocenters. The van der Waals surface area contributed by atoms with E-state index in [4.69, 9.17) is 9.47 Å². The highest BCUT2D eigenvalue weighted by Gasteiger charge is 2.29. The first-order chi connectivity index (χ1) is 12.4. The molecule has 0 spiro atoms. The smallest absolute Gasteiger partial charge is 0.320 e. The quantitative estimate of drug-likeness (QED) is 0.352. The minimum absolute atomic E-state index is 0.0233. The molecule has 1 aromatic carbocycles. The molecule has 7 heteroatoms. The van der Waals surface area contributed by atoms with Crippen molar-refractivity contribution in [3.05, 3.63) is 47.5 Å². The van der Waals surface area contributed by atoms with Gasteiger partial charge in [0, 0.05) is 0 Å². The molecular formula is C19H24O6S. The van der Waals surface area contributed by atoms with E-state index < -0.39 is 27.7 Å². The van der Waals surface area contributed by atoms with Gasteiger partial charge < -0.3 is 9.47 Å². The van der Waals surface area contributed by atoms with Crippen molar-refractivity contribution in [2.45, 2.75) is 38.0 Å². The van der Waals surface area contributed by atoms with Crippen LogP contribution >= 0.6 is 0 Å². The van der Waals surface area contributed by atoms with Gasteiger partial charge in [-0.05, 0) is 45.2 Å². The Bertz CT molecular complexity index is 742. The maximum absolute atomic E-state index is 12.6. The minimum Gasteiger partial charge on any atom is -0.465 e. The monoisotopic (exact) mass is 380 g/mol. The Morgan fingerprint density at radius 2 is 1.62 bits per heavy atom. The highest BCUT2D eigenvalue weighted by molar-refractivity contribution is 7.95. The fourth-order valence-electron chi connectivity index (χ4n) is 2.34. The normalized spacial score (nSPS) is 10.9. The first kappa shape index (κ1) is 21.7. The minimum atomic E-state index is -3.70. The second kappa shape index (κ2) is 10.6. The molecule has 0 bridgehead atoms. The first-order valence-electron chi connectivity index (χ1n) is 8.40. The lowest BCUT2D eigenvalue weighted by atomic mass is 10.0. The van der Waals surface area contributed by atoms with Crippen molar-refractivity contribution < 1.29 is 27.5 Å². The summed E-state index contributed by atoms with van der Waals surface area (Å²) >= 11 is 0. The van der Waals surface area contributed by atoms with Crippen molar-refractivity contribution in [3.8, 4) is 0 Å². The van der Waals surface area contributed by atoms with E-state index in [1.54, 1.807) is 32.0 Å². The highest BCUT2D eigenvalue weighted by atomic mass is 32.2. The largest absolute Gasteiger partial charge is 0.465 e. The maximum atomic E-state index is 12.6. The fourth-order valence-corrected chi connectivity index (χ4v) is 3.75. The highest BCUT2D eigenvalue weighted by Crippen LogP contribution is 2.24. The summed E-state index contributed by atoms with van der Waals surface area (Å²) in [6.07, 6.45) is 0.495. The number of esters is 2. The Balaban J connectivity index is 2.82. The van der Waals surface area contributed by atoms with Crippen molar-refractivity contribution in [1.29, 1.82) is 0 Å². The molecule has 0 amide bonds. The fraction of sp³-hybridized carbons (Fsp3) is 0.421. The summed E-state index contributed by atoms with van der Waals surface area (Å²) in [5.41, 5.74) is 2.47. The third-order valence-corrected chi connectivity index (χ3v) is 5.50. The molecule has 0 aliphatic carbocycles. The molecule has 26 heavy (non-hydrogen) atoms. The van der Waals surface area contributed by atoms with Gasteiger partial charge in [-0.25, -0.2) is 8.42 Å². The molecule has 0 aromatic heterocycles. The van der Waals surface area contributed by atoms with Gasteiger partial charge >= 0.3 is 11.9 Å². The molecule has 0 radical (unpaired) electrons. The van der Waals surface area contributed by atoms with E-state index in [0.29, 0.717) is 0 Å². The summed E-state index contributed by atoms with van der Waals surface area (Å²) in [7, 11) is -3.70. The summed E-state index contributed by atoms with van der Waals surface area (Å²) < 4.78 is 35.0. The molecule has 1 aromatic rings. The maximum Gasteiger partial charge on any atom is 0.320 e. The molecule has 0 saturated heterocycles. The van der Waals surface area contributed by atoms with E-state index in [0.717, 1.165) is 0 Å². The zero-order valence-corrected chi connectivity index (χ0v) is 15.9. The topological polar surface area (TPSA) is 86.7 Å². The van der Waals surface area contributed by atoms with Gasteiger partial charge in [0.1, 0.15) is 0 Å². The molecule has 0 N–H and O–H groups in total. The number of carbonyl (C=O) groups excluding carboxylic acids is 2. The lowest BCUT2D eigenvalue weighted by molar-refractivity contribution is -0.161. The van der Waals surface area contributed by atoms with Crippen LogP contribution in [0.25, 0.3) is 0 Å². The molecular weight excluding hydrogens is 356 g/mol. The van der Waals surface area contributed by atoms with Crippen LogP contribution in [0.4, 0.5) is 0 Å². The van der Waals surface area contributed by atoms with Crippen LogP contribution in [-0.4, -0.2) is 33.6 Å². The first-order valence-corrected chi connectivity index (χ1v) is 9.89. The van der Waals surface area contributed by atoms with Crippen LogP contribution in [0.5, 0.6) is 0 Å². The van der Waals surface area contributed by atoms with Crippen LogP contribution in [0.2, 0.25) is 0 Å². The zero-order chi connectivity index (χ0) is 19.6.